The normalized spacial score (nSPS) is 16.4. The van der Waals surface area contributed by atoms with Gasteiger partial charge in [0.15, 0.2) is 0 Å². The minimum Gasteiger partial charge on any atom is -0.355 e. The Morgan fingerprint density at radius 2 is 0.905 bits per heavy atom. The number of hydrogen-bond acceptors (Lipinski definition) is 1. The molecule has 1 N–H and O–H groups in total. The van der Waals surface area contributed by atoms with E-state index < -0.39 is 0 Å². The number of hydrogen-bond donors (Lipinski definition) is 1. The van der Waals surface area contributed by atoms with Crippen LogP contribution in [0.3, 0.4) is 0 Å². The van der Waals surface area contributed by atoms with Gasteiger partial charge in [-0.05, 0) is 36.1 Å². The largest absolute Gasteiger partial charge is 0.355 e. The number of fused-ring (bicyclic) bond motifs is 2. The van der Waals surface area contributed by atoms with E-state index in [2.05, 4.69) is 53.8 Å². The fourth-order valence-electron chi connectivity index (χ4n) is 3.20. The van der Waals surface area contributed by atoms with E-state index in [1.54, 1.807) is 0 Å². The van der Waals surface area contributed by atoms with Crippen molar-refractivity contribution in [1.29, 1.82) is 0 Å². The van der Waals surface area contributed by atoms with Gasteiger partial charge in [0.25, 0.3) is 0 Å². The highest BCUT2D eigenvalue weighted by Crippen LogP contribution is 2.29. The lowest BCUT2D eigenvalue weighted by Gasteiger charge is -2.08. The molecule has 1 aliphatic carbocycles. The first-order chi connectivity index (χ1) is 10.4. The monoisotopic (exact) mass is 279 g/mol. The molecule has 2 aromatic carbocycles. The topological polar surface area (TPSA) is 12.0 Å². The van der Waals surface area contributed by atoms with Crippen LogP contribution in [0.5, 0.6) is 0 Å². The first kappa shape index (κ1) is 14.2. The van der Waals surface area contributed by atoms with Crippen molar-refractivity contribution in [2.24, 2.45) is 0 Å². The molecular weight excluding hydrogens is 254 g/mol. The molecule has 0 aromatic heterocycles. The summed E-state index contributed by atoms with van der Waals surface area (Å²) < 4.78 is 0. The summed E-state index contributed by atoms with van der Waals surface area (Å²) in [6.45, 7) is 0. The van der Waals surface area contributed by atoms with Gasteiger partial charge < -0.3 is 5.32 Å². The third-order valence-electron chi connectivity index (χ3n) is 4.47. The number of benzene rings is 2. The molecule has 0 spiro atoms. The Morgan fingerprint density at radius 1 is 0.524 bits per heavy atom. The van der Waals surface area contributed by atoms with Crippen LogP contribution in [0.25, 0.3) is 0 Å². The molecule has 0 unspecified atom stereocenters. The van der Waals surface area contributed by atoms with Gasteiger partial charge in [-0.3, -0.25) is 0 Å². The molecule has 1 heterocycles. The first-order valence-corrected chi connectivity index (χ1v) is 8.36. The van der Waals surface area contributed by atoms with Crippen molar-refractivity contribution >= 4 is 11.4 Å². The lowest BCUT2D eigenvalue weighted by Crippen LogP contribution is -1.92. The summed E-state index contributed by atoms with van der Waals surface area (Å²) >= 11 is 0. The maximum absolute atomic E-state index is 3.50. The number of nitrogens with one attached hydrogen (secondary N) is 1. The molecule has 1 heteroatoms. The summed E-state index contributed by atoms with van der Waals surface area (Å²) in [4.78, 5) is 0. The molecule has 21 heavy (non-hydrogen) atoms. The molecule has 1 fully saturated rings. The summed E-state index contributed by atoms with van der Waals surface area (Å²) in [7, 11) is 0. The molecule has 110 valence electrons. The van der Waals surface area contributed by atoms with Gasteiger partial charge in [0.05, 0.1) is 0 Å². The van der Waals surface area contributed by atoms with Crippen LogP contribution in [0.15, 0.2) is 48.5 Å². The van der Waals surface area contributed by atoms with E-state index in [-0.39, 0.29) is 0 Å². The molecule has 0 saturated heterocycles. The minimum absolute atomic E-state index is 1.13. The van der Waals surface area contributed by atoms with Crippen molar-refractivity contribution in [2.45, 2.75) is 51.4 Å². The second kappa shape index (κ2) is 7.31. The SMILES string of the molecule is C1CCCCC1.c1ccc2c(c1)CCc1ccccc1N2. The summed E-state index contributed by atoms with van der Waals surface area (Å²) in [6, 6.07) is 17.1. The molecule has 2 aromatic rings. The summed E-state index contributed by atoms with van der Waals surface area (Å²) in [5.41, 5.74) is 5.33. The smallest absolute Gasteiger partial charge is 0.0416 e. The van der Waals surface area contributed by atoms with Crippen molar-refractivity contribution in [1.82, 2.24) is 0 Å². The predicted octanol–water partition coefficient (Wildman–Crippen LogP) is 5.87. The highest BCUT2D eigenvalue weighted by atomic mass is 14.9. The molecule has 0 amide bonds. The second-order valence-corrected chi connectivity index (χ2v) is 6.06. The second-order valence-electron chi connectivity index (χ2n) is 6.06. The van der Waals surface area contributed by atoms with Gasteiger partial charge >= 0.3 is 0 Å². The molecule has 0 atom stereocenters. The van der Waals surface area contributed by atoms with Gasteiger partial charge in [0.1, 0.15) is 0 Å². The Labute approximate surface area is 128 Å². The van der Waals surface area contributed by atoms with Gasteiger partial charge in [-0.1, -0.05) is 74.9 Å². The van der Waals surface area contributed by atoms with E-state index >= 15 is 0 Å². The number of para-hydroxylation sites is 2. The van der Waals surface area contributed by atoms with E-state index in [9.17, 15) is 0 Å². The van der Waals surface area contributed by atoms with Gasteiger partial charge in [0, 0.05) is 11.4 Å². The molecule has 4 rings (SSSR count). The molecule has 0 radical (unpaired) electrons. The highest BCUT2D eigenvalue weighted by molar-refractivity contribution is 5.67. The first-order valence-electron chi connectivity index (χ1n) is 8.36. The Morgan fingerprint density at radius 3 is 1.33 bits per heavy atom. The third kappa shape index (κ3) is 3.87. The van der Waals surface area contributed by atoms with Crippen LogP contribution in [0.4, 0.5) is 11.4 Å². The number of rotatable bonds is 0. The Balaban J connectivity index is 0.000000186. The quantitative estimate of drug-likeness (QED) is 0.636. The zero-order valence-corrected chi connectivity index (χ0v) is 12.8. The fourth-order valence-corrected chi connectivity index (χ4v) is 3.20. The van der Waals surface area contributed by atoms with Crippen LogP contribution in [-0.4, -0.2) is 0 Å². The van der Waals surface area contributed by atoms with Crippen LogP contribution in [0.2, 0.25) is 0 Å². The van der Waals surface area contributed by atoms with Crippen LogP contribution in [0.1, 0.15) is 49.7 Å². The number of anilines is 2. The Kier molecular flexibility index (Phi) is 4.94. The van der Waals surface area contributed by atoms with Crippen LogP contribution < -0.4 is 5.32 Å². The van der Waals surface area contributed by atoms with E-state index in [0.717, 1.165) is 12.8 Å². The summed E-state index contributed by atoms with van der Waals surface area (Å²) in [6.07, 6.45) is 11.3. The lowest BCUT2D eigenvalue weighted by atomic mass is 10.0. The van der Waals surface area contributed by atoms with Gasteiger partial charge in [-0.25, -0.2) is 0 Å². The van der Waals surface area contributed by atoms with E-state index in [1.165, 1.54) is 61.0 Å². The van der Waals surface area contributed by atoms with Gasteiger partial charge in [-0.15, -0.1) is 0 Å². The minimum atomic E-state index is 1.13. The third-order valence-corrected chi connectivity index (χ3v) is 4.47. The fraction of sp³-hybridized carbons (Fsp3) is 0.400. The molecular formula is C20H25N. The molecule has 0 bridgehead atoms. The number of aryl methyl sites for hydroxylation is 2. The molecule has 1 aliphatic heterocycles. The van der Waals surface area contributed by atoms with E-state index in [0.29, 0.717) is 0 Å². The van der Waals surface area contributed by atoms with Crippen molar-refractivity contribution in [3.63, 3.8) is 0 Å². The van der Waals surface area contributed by atoms with Crippen LogP contribution >= 0.6 is 0 Å². The summed E-state index contributed by atoms with van der Waals surface area (Å²) in [5, 5.41) is 3.50. The van der Waals surface area contributed by atoms with Crippen molar-refractivity contribution in [3.8, 4) is 0 Å². The lowest BCUT2D eigenvalue weighted by molar-refractivity contribution is 0.504. The Bertz CT molecular complexity index is 513. The van der Waals surface area contributed by atoms with Crippen LogP contribution in [0, 0.1) is 0 Å². The standard InChI is InChI=1S/C14H13N.C6H12/c1-3-7-13-11(5-1)9-10-12-6-2-4-8-14(12)15-13;1-2-4-6-5-3-1/h1-8,15H,9-10H2;1-6H2. The average Bonchev–Trinajstić information content (AvgIpc) is 2.76. The van der Waals surface area contributed by atoms with Gasteiger partial charge in [-0.2, -0.15) is 0 Å². The van der Waals surface area contributed by atoms with Crippen LogP contribution in [-0.2, 0) is 12.8 Å². The predicted molar refractivity (Wildman–Crippen MR) is 91.3 cm³/mol. The van der Waals surface area contributed by atoms with Crippen molar-refractivity contribution in [2.75, 3.05) is 5.32 Å². The molecule has 2 aliphatic rings. The van der Waals surface area contributed by atoms with Crippen molar-refractivity contribution < 1.29 is 0 Å². The van der Waals surface area contributed by atoms with Crippen molar-refractivity contribution in [3.05, 3.63) is 59.7 Å². The Hall–Kier alpha value is -1.76. The molecule has 1 nitrogen and oxygen atoms in total. The van der Waals surface area contributed by atoms with E-state index in [1.807, 2.05) is 0 Å². The maximum Gasteiger partial charge on any atom is 0.0416 e. The zero-order chi connectivity index (χ0) is 14.3. The van der Waals surface area contributed by atoms with E-state index in [4.69, 9.17) is 0 Å². The average molecular weight is 279 g/mol. The van der Waals surface area contributed by atoms with Gasteiger partial charge in [0.2, 0.25) is 0 Å². The maximum atomic E-state index is 3.50. The summed E-state index contributed by atoms with van der Waals surface area (Å²) in [5.74, 6) is 0. The highest BCUT2D eigenvalue weighted by Gasteiger charge is 2.10. The molecule has 1 saturated carbocycles. The zero-order valence-electron chi connectivity index (χ0n) is 12.8.